The molecule has 92 valence electrons. The predicted molar refractivity (Wildman–Crippen MR) is 71.4 cm³/mol. The Morgan fingerprint density at radius 3 is 2.82 bits per heavy atom. The van der Waals surface area contributed by atoms with Gasteiger partial charge in [-0.05, 0) is 36.0 Å². The number of hydrogen-bond donors (Lipinski definition) is 1. The Hall–Kier alpha value is -1.02. The summed E-state index contributed by atoms with van der Waals surface area (Å²) in [6.07, 6.45) is 2.60. The van der Waals surface area contributed by atoms with E-state index in [1.807, 2.05) is 12.1 Å². The van der Waals surface area contributed by atoms with Crippen molar-refractivity contribution < 1.29 is 4.79 Å². The molecule has 0 fully saturated rings. The summed E-state index contributed by atoms with van der Waals surface area (Å²) < 4.78 is 0. The maximum absolute atomic E-state index is 11.3. The molecule has 1 aliphatic rings. The lowest BCUT2D eigenvalue weighted by molar-refractivity contribution is -0.115. The number of rotatable bonds is 4. The van der Waals surface area contributed by atoms with E-state index < -0.39 is 0 Å². The highest BCUT2D eigenvalue weighted by molar-refractivity contribution is 6.20. The maximum Gasteiger partial charge on any atom is 0.228 e. The first kappa shape index (κ1) is 12.4. The van der Waals surface area contributed by atoms with Crippen molar-refractivity contribution in [3.05, 3.63) is 29.3 Å². The molecule has 1 aromatic rings. The topological polar surface area (TPSA) is 29.1 Å². The molecule has 2 nitrogen and oxygen atoms in total. The number of amides is 1. The zero-order valence-corrected chi connectivity index (χ0v) is 11.1. The van der Waals surface area contributed by atoms with Gasteiger partial charge in [0.25, 0.3) is 0 Å². The van der Waals surface area contributed by atoms with E-state index in [0.29, 0.717) is 12.3 Å². The van der Waals surface area contributed by atoms with Crippen molar-refractivity contribution in [1.82, 2.24) is 0 Å². The molecule has 1 aromatic carbocycles. The van der Waals surface area contributed by atoms with Crippen molar-refractivity contribution >= 4 is 23.2 Å². The van der Waals surface area contributed by atoms with E-state index in [9.17, 15) is 4.79 Å². The fourth-order valence-corrected chi connectivity index (χ4v) is 2.35. The van der Waals surface area contributed by atoms with E-state index in [4.69, 9.17) is 11.6 Å². The largest absolute Gasteiger partial charge is 0.326 e. The van der Waals surface area contributed by atoms with Gasteiger partial charge < -0.3 is 5.32 Å². The van der Waals surface area contributed by atoms with E-state index >= 15 is 0 Å². The first-order valence-corrected chi connectivity index (χ1v) is 6.56. The fourth-order valence-electron chi connectivity index (χ4n) is 2.09. The summed E-state index contributed by atoms with van der Waals surface area (Å²) in [5, 5.41) is 2.89. The van der Waals surface area contributed by atoms with Crippen LogP contribution in [0.5, 0.6) is 0 Å². The Morgan fingerprint density at radius 2 is 2.12 bits per heavy atom. The van der Waals surface area contributed by atoms with Crippen LogP contribution in [0, 0.1) is 5.92 Å². The molecule has 0 saturated heterocycles. The molecule has 2 rings (SSSR count). The number of carbonyl (C=O) groups excluding carboxylic acids is 1. The number of halogens is 1. The summed E-state index contributed by atoms with van der Waals surface area (Å²) >= 11 is 6.38. The SMILES string of the molecule is CC(C)CCC(Cl)c1ccc2c(c1)CC(=O)N2. The summed E-state index contributed by atoms with van der Waals surface area (Å²) in [6, 6.07) is 6.04. The van der Waals surface area contributed by atoms with Crippen LogP contribution < -0.4 is 5.32 Å². The van der Waals surface area contributed by atoms with Crippen LogP contribution in [0.25, 0.3) is 0 Å². The monoisotopic (exact) mass is 251 g/mol. The van der Waals surface area contributed by atoms with Crippen molar-refractivity contribution in [3.63, 3.8) is 0 Å². The van der Waals surface area contributed by atoms with Gasteiger partial charge in [0, 0.05) is 5.69 Å². The fraction of sp³-hybridized carbons (Fsp3) is 0.500. The van der Waals surface area contributed by atoms with Crippen molar-refractivity contribution in [2.45, 2.75) is 38.5 Å². The number of benzene rings is 1. The Kier molecular flexibility index (Phi) is 3.72. The van der Waals surface area contributed by atoms with E-state index in [1.165, 1.54) is 0 Å². The molecule has 0 bridgehead atoms. The minimum Gasteiger partial charge on any atom is -0.326 e. The Labute approximate surface area is 107 Å². The molecule has 1 aliphatic heterocycles. The van der Waals surface area contributed by atoms with E-state index in [1.54, 1.807) is 0 Å². The lowest BCUT2D eigenvalue weighted by Gasteiger charge is -2.12. The van der Waals surface area contributed by atoms with Crippen molar-refractivity contribution in [2.75, 3.05) is 5.32 Å². The third kappa shape index (κ3) is 3.01. The molecule has 1 heterocycles. The van der Waals surface area contributed by atoms with Gasteiger partial charge in [-0.25, -0.2) is 0 Å². The molecular formula is C14H18ClNO. The number of carbonyl (C=O) groups is 1. The van der Waals surface area contributed by atoms with Gasteiger partial charge in [-0.3, -0.25) is 4.79 Å². The third-order valence-electron chi connectivity index (χ3n) is 3.11. The average molecular weight is 252 g/mol. The first-order valence-electron chi connectivity index (χ1n) is 6.13. The smallest absolute Gasteiger partial charge is 0.228 e. The zero-order valence-electron chi connectivity index (χ0n) is 10.3. The molecule has 1 atom stereocenters. The highest BCUT2D eigenvalue weighted by Gasteiger charge is 2.19. The van der Waals surface area contributed by atoms with Crippen LogP contribution in [-0.4, -0.2) is 5.91 Å². The summed E-state index contributed by atoms with van der Waals surface area (Å²) in [6.45, 7) is 4.41. The zero-order chi connectivity index (χ0) is 12.4. The van der Waals surface area contributed by atoms with E-state index in [-0.39, 0.29) is 11.3 Å². The standard InChI is InChI=1S/C14H18ClNO/c1-9(2)3-5-12(15)10-4-6-13-11(7-10)8-14(17)16-13/h4,6-7,9,12H,3,5,8H2,1-2H3,(H,16,17). The van der Waals surface area contributed by atoms with Crippen LogP contribution in [-0.2, 0) is 11.2 Å². The number of hydrogen-bond acceptors (Lipinski definition) is 1. The molecule has 0 aliphatic carbocycles. The molecule has 17 heavy (non-hydrogen) atoms. The summed E-state index contributed by atoms with van der Waals surface area (Å²) in [5.41, 5.74) is 3.14. The Balaban J connectivity index is 2.07. The number of anilines is 1. The Bertz CT molecular complexity index is 428. The van der Waals surface area contributed by atoms with Crippen LogP contribution in [0.3, 0.4) is 0 Å². The summed E-state index contributed by atoms with van der Waals surface area (Å²) in [4.78, 5) is 11.3. The van der Waals surface area contributed by atoms with Crippen molar-refractivity contribution in [2.24, 2.45) is 5.92 Å². The van der Waals surface area contributed by atoms with Gasteiger partial charge in [-0.1, -0.05) is 26.0 Å². The van der Waals surface area contributed by atoms with Gasteiger partial charge in [0.1, 0.15) is 0 Å². The first-order chi connectivity index (χ1) is 8.06. The molecule has 3 heteroatoms. The van der Waals surface area contributed by atoms with Gasteiger partial charge in [0.15, 0.2) is 0 Å². The van der Waals surface area contributed by atoms with E-state index in [0.717, 1.165) is 29.7 Å². The molecule has 0 spiro atoms. The second-order valence-corrected chi connectivity index (χ2v) is 5.61. The van der Waals surface area contributed by atoms with Crippen molar-refractivity contribution in [3.8, 4) is 0 Å². The minimum absolute atomic E-state index is 0.0541. The van der Waals surface area contributed by atoms with Gasteiger partial charge in [-0.2, -0.15) is 0 Å². The highest BCUT2D eigenvalue weighted by Crippen LogP contribution is 2.32. The number of fused-ring (bicyclic) bond motifs is 1. The molecule has 0 saturated carbocycles. The molecule has 0 aromatic heterocycles. The van der Waals surface area contributed by atoms with Gasteiger partial charge in [0.2, 0.25) is 5.91 Å². The normalized spacial score (nSPS) is 15.9. The lowest BCUT2D eigenvalue weighted by atomic mass is 10.00. The van der Waals surface area contributed by atoms with Crippen LogP contribution in [0.4, 0.5) is 5.69 Å². The molecule has 1 unspecified atom stereocenters. The van der Waals surface area contributed by atoms with Gasteiger partial charge >= 0.3 is 0 Å². The average Bonchev–Trinajstić information content (AvgIpc) is 2.64. The van der Waals surface area contributed by atoms with Crippen LogP contribution >= 0.6 is 11.6 Å². The maximum atomic E-state index is 11.3. The summed E-state index contributed by atoms with van der Waals surface area (Å²) in [7, 11) is 0. The molecule has 0 radical (unpaired) electrons. The highest BCUT2D eigenvalue weighted by atomic mass is 35.5. The van der Waals surface area contributed by atoms with Gasteiger partial charge in [-0.15, -0.1) is 11.6 Å². The third-order valence-corrected chi connectivity index (χ3v) is 3.58. The number of nitrogens with one attached hydrogen (secondary N) is 1. The molecule has 1 amide bonds. The lowest BCUT2D eigenvalue weighted by Crippen LogP contribution is -2.03. The number of alkyl halides is 1. The summed E-state index contributed by atoms with van der Waals surface area (Å²) in [5.74, 6) is 0.749. The van der Waals surface area contributed by atoms with Crippen molar-refractivity contribution in [1.29, 1.82) is 0 Å². The Morgan fingerprint density at radius 1 is 1.35 bits per heavy atom. The van der Waals surface area contributed by atoms with E-state index in [2.05, 4.69) is 25.2 Å². The van der Waals surface area contributed by atoms with Crippen LogP contribution in [0.1, 0.15) is 43.2 Å². The molecule has 1 N–H and O–H groups in total. The molecular weight excluding hydrogens is 234 g/mol. The van der Waals surface area contributed by atoms with Crippen LogP contribution in [0.15, 0.2) is 18.2 Å². The second kappa shape index (κ2) is 5.09. The van der Waals surface area contributed by atoms with Crippen LogP contribution in [0.2, 0.25) is 0 Å². The minimum atomic E-state index is 0.0541. The quantitative estimate of drug-likeness (QED) is 0.808. The van der Waals surface area contributed by atoms with Gasteiger partial charge in [0.05, 0.1) is 11.8 Å². The second-order valence-electron chi connectivity index (χ2n) is 5.08. The predicted octanol–water partition coefficient (Wildman–Crippen LogP) is 3.90.